The average molecular weight is 669 g/mol. The van der Waals surface area contributed by atoms with Crippen molar-refractivity contribution in [3.05, 3.63) is 82.6 Å². The lowest BCUT2D eigenvalue weighted by Crippen LogP contribution is -2.49. The van der Waals surface area contributed by atoms with Crippen molar-refractivity contribution in [2.75, 3.05) is 20.2 Å². The minimum Gasteiger partial charge on any atom is -0.490 e. The highest BCUT2D eigenvalue weighted by molar-refractivity contribution is 6.31. The Morgan fingerprint density at radius 2 is 1.77 bits per heavy atom. The number of carbonyl (C=O) groups excluding carboxylic acids is 1. The van der Waals surface area contributed by atoms with Crippen molar-refractivity contribution in [1.29, 1.82) is 0 Å². The van der Waals surface area contributed by atoms with Crippen LogP contribution in [0.1, 0.15) is 61.6 Å². The van der Waals surface area contributed by atoms with Crippen LogP contribution in [0.3, 0.4) is 0 Å². The van der Waals surface area contributed by atoms with Crippen LogP contribution in [-0.4, -0.2) is 92.0 Å². The van der Waals surface area contributed by atoms with Crippen LogP contribution < -0.4 is 4.74 Å². The molecular formula is C36H45ClN2O8. The number of aliphatic hydroxyl groups excluding tert-OH is 5. The van der Waals surface area contributed by atoms with E-state index in [9.17, 15) is 25.2 Å². The number of halogens is 1. The summed E-state index contributed by atoms with van der Waals surface area (Å²) in [5.74, 6) is 0.665. The molecule has 2 aliphatic carbocycles. The van der Waals surface area contributed by atoms with Crippen LogP contribution in [0.4, 0.5) is 0 Å². The highest BCUT2D eigenvalue weighted by Gasteiger charge is 2.48. The van der Waals surface area contributed by atoms with E-state index in [1.807, 2.05) is 42.6 Å². The lowest BCUT2D eigenvalue weighted by Gasteiger charge is -2.28. The number of hydrogen-bond donors (Lipinski definition) is 5. The first-order valence-electron chi connectivity index (χ1n) is 16.3. The molecule has 1 amide bonds. The Bertz CT molecular complexity index is 1500. The molecule has 2 saturated carbocycles. The smallest absolute Gasteiger partial charge is 0.222 e. The summed E-state index contributed by atoms with van der Waals surface area (Å²) in [6, 6.07) is 16.1. The van der Waals surface area contributed by atoms with Crippen molar-refractivity contribution >= 4 is 17.5 Å². The standard InChI is InChI=1S/C36H45ClN2O8/c1-39(20-30(41)34(44)35(45)31(42)21-40)33(43)9-5-2-6-23-10-13-29(37)24(18-23)22-46-36(15-16-36)28-19-38-17-14-26(28)27-7-3-4-8-32(27)47-25-11-12-25/h3-4,7-8,10,13-14,17-19,25,30-31,34-35,40-42,44-45H,2,5-6,9,11-12,15-16,20-22H2,1H3. The second-order valence-corrected chi connectivity index (χ2v) is 13.1. The molecule has 2 aromatic carbocycles. The first-order chi connectivity index (χ1) is 22.6. The highest BCUT2D eigenvalue weighted by Crippen LogP contribution is 2.53. The first kappa shape index (κ1) is 35.2. The summed E-state index contributed by atoms with van der Waals surface area (Å²) in [6.07, 6.45) is 3.78. The van der Waals surface area contributed by atoms with Gasteiger partial charge in [0.1, 0.15) is 30.2 Å². The Kier molecular flexibility index (Phi) is 11.9. The molecule has 254 valence electrons. The summed E-state index contributed by atoms with van der Waals surface area (Å²) >= 11 is 6.60. The summed E-state index contributed by atoms with van der Waals surface area (Å²) in [6.45, 7) is -0.637. The van der Waals surface area contributed by atoms with Crippen molar-refractivity contribution in [2.45, 2.75) is 94.1 Å². The summed E-state index contributed by atoms with van der Waals surface area (Å²) in [4.78, 5) is 18.3. The minimum absolute atomic E-state index is 0.218. The Balaban J connectivity index is 1.13. The first-order valence-corrected chi connectivity index (χ1v) is 16.7. The Morgan fingerprint density at radius 3 is 2.49 bits per heavy atom. The second-order valence-electron chi connectivity index (χ2n) is 12.7. The molecule has 2 aliphatic rings. The van der Waals surface area contributed by atoms with Gasteiger partial charge >= 0.3 is 0 Å². The third-order valence-electron chi connectivity index (χ3n) is 8.94. The number of aliphatic hydroxyl groups is 5. The van der Waals surface area contributed by atoms with Crippen molar-refractivity contribution < 1.29 is 39.8 Å². The third-order valence-corrected chi connectivity index (χ3v) is 9.31. The zero-order valence-corrected chi connectivity index (χ0v) is 27.4. The number of para-hydroxylation sites is 1. The largest absolute Gasteiger partial charge is 0.490 e. The molecule has 47 heavy (non-hydrogen) atoms. The molecule has 0 saturated heterocycles. The van der Waals surface area contributed by atoms with Gasteiger partial charge in [-0.2, -0.15) is 0 Å². The number of unbranched alkanes of at least 4 members (excludes halogenated alkanes) is 1. The molecule has 3 aromatic rings. The average Bonchev–Trinajstić information content (AvgIpc) is 4.03. The topological polar surface area (TPSA) is 153 Å². The summed E-state index contributed by atoms with van der Waals surface area (Å²) in [5, 5.41) is 49.0. The summed E-state index contributed by atoms with van der Waals surface area (Å²) in [7, 11) is 1.50. The molecule has 0 bridgehead atoms. The Morgan fingerprint density at radius 1 is 1.02 bits per heavy atom. The van der Waals surface area contributed by atoms with E-state index in [2.05, 4.69) is 17.1 Å². The highest BCUT2D eigenvalue weighted by atomic mass is 35.5. The maximum Gasteiger partial charge on any atom is 0.222 e. The molecule has 1 aromatic heterocycles. The molecule has 11 heteroatoms. The van der Waals surface area contributed by atoms with Crippen LogP contribution in [0.15, 0.2) is 60.9 Å². The number of ether oxygens (including phenoxy) is 2. The van der Waals surface area contributed by atoms with Gasteiger partial charge in [-0.3, -0.25) is 9.78 Å². The fourth-order valence-corrected chi connectivity index (χ4v) is 5.89. The van der Waals surface area contributed by atoms with Crippen molar-refractivity contribution in [3.8, 4) is 16.9 Å². The van der Waals surface area contributed by atoms with Gasteiger partial charge in [-0.05, 0) is 79.8 Å². The number of nitrogens with zero attached hydrogens (tertiary/aromatic N) is 2. The molecule has 1 heterocycles. The molecular weight excluding hydrogens is 624 g/mol. The minimum atomic E-state index is -1.73. The fraction of sp³-hybridized carbons (Fsp3) is 0.500. The molecule has 4 unspecified atom stereocenters. The molecule has 0 radical (unpaired) electrons. The van der Waals surface area contributed by atoms with Gasteiger partial charge in [0.2, 0.25) is 5.91 Å². The van der Waals surface area contributed by atoms with Gasteiger partial charge in [-0.15, -0.1) is 0 Å². The number of likely N-dealkylation sites (N-methyl/N-ethyl adjacent to an activating group) is 1. The number of benzene rings is 2. The molecule has 5 N–H and O–H groups in total. The quantitative estimate of drug-likeness (QED) is 0.128. The zero-order chi connectivity index (χ0) is 33.6. The number of rotatable bonds is 18. The lowest BCUT2D eigenvalue weighted by atomic mass is 9.96. The number of hydrogen-bond acceptors (Lipinski definition) is 9. The van der Waals surface area contributed by atoms with E-state index in [1.54, 1.807) is 6.20 Å². The Hall–Kier alpha value is -3.09. The number of pyridine rings is 1. The van der Waals surface area contributed by atoms with Crippen molar-refractivity contribution in [1.82, 2.24) is 9.88 Å². The van der Waals surface area contributed by atoms with Crippen molar-refractivity contribution in [3.63, 3.8) is 0 Å². The van der Waals surface area contributed by atoms with E-state index in [1.165, 1.54) is 11.9 Å². The van der Waals surface area contributed by atoms with Gasteiger partial charge in [0, 0.05) is 48.6 Å². The maximum atomic E-state index is 12.6. The number of amides is 1. The second kappa shape index (κ2) is 15.9. The zero-order valence-electron chi connectivity index (χ0n) is 26.7. The molecule has 5 rings (SSSR count). The lowest BCUT2D eigenvalue weighted by molar-refractivity contribution is -0.138. The van der Waals surface area contributed by atoms with E-state index in [4.69, 9.17) is 26.2 Å². The molecule has 4 atom stereocenters. The number of aryl methyl sites for hydroxylation is 1. The van der Waals surface area contributed by atoms with Crippen LogP contribution >= 0.6 is 11.6 Å². The van der Waals surface area contributed by atoms with Gasteiger partial charge in [-0.1, -0.05) is 41.9 Å². The van der Waals surface area contributed by atoms with E-state index in [0.717, 1.165) is 72.1 Å². The normalized spacial score (nSPS) is 17.9. The molecule has 2 fully saturated rings. The molecule has 10 nitrogen and oxygen atoms in total. The van der Waals surface area contributed by atoms with Crippen LogP contribution in [0.5, 0.6) is 5.75 Å². The van der Waals surface area contributed by atoms with Crippen LogP contribution in [0, 0.1) is 0 Å². The van der Waals surface area contributed by atoms with E-state index in [0.29, 0.717) is 24.2 Å². The van der Waals surface area contributed by atoms with E-state index in [-0.39, 0.29) is 18.9 Å². The van der Waals surface area contributed by atoms with Crippen molar-refractivity contribution in [2.24, 2.45) is 0 Å². The van der Waals surface area contributed by atoms with Crippen LogP contribution in [0.2, 0.25) is 5.02 Å². The molecule has 0 aliphatic heterocycles. The number of aromatic nitrogens is 1. The van der Waals surface area contributed by atoms with E-state index >= 15 is 0 Å². The van der Waals surface area contributed by atoms with Gasteiger partial charge in [0.25, 0.3) is 0 Å². The summed E-state index contributed by atoms with van der Waals surface area (Å²) in [5.41, 5.74) is 4.70. The predicted octanol–water partition coefficient (Wildman–Crippen LogP) is 3.76. The van der Waals surface area contributed by atoms with Crippen LogP contribution in [-0.2, 0) is 28.2 Å². The van der Waals surface area contributed by atoms with Gasteiger partial charge in [0.15, 0.2) is 0 Å². The predicted molar refractivity (Wildman–Crippen MR) is 177 cm³/mol. The van der Waals surface area contributed by atoms with Gasteiger partial charge in [-0.25, -0.2) is 0 Å². The van der Waals surface area contributed by atoms with Gasteiger partial charge in [0.05, 0.1) is 24.9 Å². The number of carbonyl (C=O) groups is 1. The Labute approximate surface area is 280 Å². The molecule has 0 spiro atoms. The fourth-order valence-electron chi connectivity index (χ4n) is 5.71. The summed E-state index contributed by atoms with van der Waals surface area (Å²) < 4.78 is 12.8. The SMILES string of the molecule is CN(CC(O)C(O)C(O)C(O)CO)C(=O)CCCCc1ccc(Cl)c(COC2(c3cnccc3-c3ccccc3OC3CC3)CC2)c1. The van der Waals surface area contributed by atoms with Crippen LogP contribution in [0.25, 0.3) is 11.1 Å². The maximum absolute atomic E-state index is 12.6. The monoisotopic (exact) mass is 668 g/mol. The third kappa shape index (κ3) is 9.08. The van der Waals surface area contributed by atoms with E-state index < -0.39 is 36.6 Å². The van der Waals surface area contributed by atoms with Gasteiger partial charge < -0.3 is 39.9 Å².